The van der Waals surface area contributed by atoms with Crippen molar-refractivity contribution >= 4 is 5.91 Å². The van der Waals surface area contributed by atoms with Crippen LogP contribution in [0.4, 0.5) is 0 Å². The number of carbonyl (C=O) groups is 1. The molecule has 2 nitrogen and oxygen atoms in total. The molecule has 3 atom stereocenters. The van der Waals surface area contributed by atoms with Crippen molar-refractivity contribution in [2.24, 2.45) is 35.0 Å². The molecular weight excluding hydrogens is 246 g/mol. The van der Waals surface area contributed by atoms with Gasteiger partial charge in [0.1, 0.15) is 0 Å². The van der Waals surface area contributed by atoms with E-state index in [1.165, 1.54) is 64.2 Å². The number of carbonyl (C=O) groups excluding carboxylic acids is 1. The lowest BCUT2D eigenvalue weighted by atomic mass is 9.49. The van der Waals surface area contributed by atoms with E-state index in [-0.39, 0.29) is 5.41 Å². The third kappa shape index (κ3) is 1.66. The van der Waals surface area contributed by atoms with Crippen LogP contribution in [0.15, 0.2) is 0 Å². The summed E-state index contributed by atoms with van der Waals surface area (Å²) in [6.07, 6.45) is 13.4. The van der Waals surface area contributed by atoms with Crippen molar-refractivity contribution in [3.63, 3.8) is 0 Å². The molecule has 0 aromatic heterocycles. The number of hydrogen-bond donors (Lipinski definition) is 1. The third-order valence-electron chi connectivity index (χ3n) is 7.57. The van der Waals surface area contributed by atoms with Crippen LogP contribution in [0.5, 0.6) is 0 Å². The predicted octanol–water partition coefficient (Wildman–Crippen LogP) is 3.51. The summed E-state index contributed by atoms with van der Waals surface area (Å²) in [5.74, 6) is 4.86. The molecule has 0 aliphatic heterocycles. The Morgan fingerprint density at radius 1 is 0.800 bits per heavy atom. The lowest BCUT2D eigenvalue weighted by molar-refractivity contribution is -0.147. The molecule has 6 aliphatic carbocycles. The minimum atomic E-state index is 0.0661. The van der Waals surface area contributed by atoms with E-state index in [1.807, 2.05) is 0 Å². The number of rotatable bonds is 2. The average Bonchev–Trinajstić information content (AvgIpc) is 2.99. The van der Waals surface area contributed by atoms with Gasteiger partial charge in [-0.15, -0.1) is 0 Å². The monoisotopic (exact) mass is 273 g/mol. The summed E-state index contributed by atoms with van der Waals surface area (Å²) in [7, 11) is 0. The van der Waals surface area contributed by atoms with E-state index in [1.54, 1.807) is 0 Å². The fourth-order valence-corrected chi connectivity index (χ4v) is 7.13. The zero-order valence-electron chi connectivity index (χ0n) is 12.4. The second-order valence-corrected chi connectivity index (χ2v) is 8.95. The maximum atomic E-state index is 13.0. The molecule has 1 N–H and O–H groups in total. The lowest BCUT2D eigenvalue weighted by Gasteiger charge is -2.56. The van der Waals surface area contributed by atoms with Gasteiger partial charge >= 0.3 is 0 Å². The van der Waals surface area contributed by atoms with Gasteiger partial charge in [0.25, 0.3) is 0 Å². The molecule has 6 aliphatic rings. The number of fused-ring (bicyclic) bond motifs is 2. The summed E-state index contributed by atoms with van der Waals surface area (Å²) in [6, 6.07) is 0.536. The second kappa shape index (κ2) is 4.01. The fraction of sp³-hybridized carbons (Fsp3) is 0.944. The van der Waals surface area contributed by atoms with Gasteiger partial charge in [-0.1, -0.05) is 6.42 Å². The first kappa shape index (κ1) is 12.1. The van der Waals surface area contributed by atoms with E-state index >= 15 is 0 Å². The summed E-state index contributed by atoms with van der Waals surface area (Å²) < 4.78 is 0. The highest BCUT2D eigenvalue weighted by molar-refractivity contribution is 5.83. The van der Waals surface area contributed by atoms with Gasteiger partial charge in [-0.2, -0.15) is 0 Å². The quantitative estimate of drug-likeness (QED) is 0.819. The molecule has 0 saturated heterocycles. The Morgan fingerprint density at radius 3 is 1.95 bits per heavy atom. The van der Waals surface area contributed by atoms with Crippen LogP contribution >= 0.6 is 0 Å². The Balaban J connectivity index is 1.33. The van der Waals surface area contributed by atoms with Crippen LogP contribution in [0.3, 0.4) is 0 Å². The van der Waals surface area contributed by atoms with Gasteiger partial charge in [0, 0.05) is 11.5 Å². The zero-order valence-corrected chi connectivity index (χ0v) is 12.4. The number of nitrogens with one attached hydrogen (secondary N) is 1. The molecule has 3 unspecified atom stereocenters. The molecule has 6 bridgehead atoms. The Morgan fingerprint density at radius 2 is 1.45 bits per heavy atom. The van der Waals surface area contributed by atoms with E-state index in [9.17, 15) is 4.79 Å². The van der Waals surface area contributed by atoms with Crippen molar-refractivity contribution in [2.45, 2.75) is 70.3 Å². The van der Waals surface area contributed by atoms with Gasteiger partial charge in [-0.25, -0.2) is 0 Å². The van der Waals surface area contributed by atoms with Gasteiger partial charge in [0.15, 0.2) is 0 Å². The highest BCUT2D eigenvalue weighted by atomic mass is 16.2. The standard InChI is InChI=1S/C18H27NO/c20-17(19-16-7-11-1-2-15(16)6-11)18-8-12-3-13(9-18)5-14(4-12)10-18/h11-16H,1-10H2,(H,19,20). The van der Waals surface area contributed by atoms with E-state index in [0.717, 1.165) is 29.6 Å². The molecule has 20 heavy (non-hydrogen) atoms. The van der Waals surface area contributed by atoms with Gasteiger partial charge in [0.2, 0.25) is 5.91 Å². The largest absolute Gasteiger partial charge is 0.353 e. The molecular formula is C18H27NO. The third-order valence-corrected chi connectivity index (χ3v) is 7.57. The summed E-state index contributed by atoms with van der Waals surface area (Å²) in [5, 5.41) is 3.53. The van der Waals surface area contributed by atoms with Gasteiger partial charge in [-0.05, 0) is 87.4 Å². The molecule has 0 radical (unpaired) electrons. The Labute approximate surface area is 122 Å². The predicted molar refractivity (Wildman–Crippen MR) is 78.0 cm³/mol. The molecule has 0 heterocycles. The van der Waals surface area contributed by atoms with Crippen LogP contribution < -0.4 is 5.32 Å². The molecule has 1 amide bonds. The Kier molecular flexibility index (Phi) is 2.42. The highest BCUT2D eigenvalue weighted by Gasteiger charge is 2.55. The second-order valence-electron chi connectivity index (χ2n) is 8.95. The zero-order chi connectivity index (χ0) is 13.3. The van der Waals surface area contributed by atoms with E-state index in [4.69, 9.17) is 0 Å². The van der Waals surface area contributed by atoms with Crippen molar-refractivity contribution < 1.29 is 4.79 Å². The van der Waals surface area contributed by atoms with Crippen LogP contribution in [0.25, 0.3) is 0 Å². The Hall–Kier alpha value is -0.530. The van der Waals surface area contributed by atoms with Crippen molar-refractivity contribution in [2.75, 3.05) is 0 Å². The number of amides is 1. The fourth-order valence-electron chi connectivity index (χ4n) is 7.13. The molecule has 110 valence electrons. The van der Waals surface area contributed by atoms with Gasteiger partial charge < -0.3 is 5.32 Å². The van der Waals surface area contributed by atoms with E-state index < -0.39 is 0 Å². The first-order chi connectivity index (χ1) is 9.70. The first-order valence-electron chi connectivity index (χ1n) is 9.01. The summed E-state index contributed by atoms with van der Waals surface area (Å²) in [4.78, 5) is 13.0. The maximum absolute atomic E-state index is 13.0. The summed E-state index contributed by atoms with van der Waals surface area (Å²) in [6.45, 7) is 0. The molecule has 6 fully saturated rings. The minimum absolute atomic E-state index is 0.0661. The average molecular weight is 273 g/mol. The lowest BCUT2D eigenvalue weighted by Crippen LogP contribution is -2.55. The summed E-state index contributed by atoms with van der Waals surface area (Å²) >= 11 is 0. The minimum Gasteiger partial charge on any atom is -0.353 e. The van der Waals surface area contributed by atoms with Crippen molar-refractivity contribution in [1.82, 2.24) is 5.32 Å². The molecule has 0 spiro atoms. The maximum Gasteiger partial charge on any atom is 0.226 e. The first-order valence-corrected chi connectivity index (χ1v) is 9.01. The SMILES string of the molecule is O=C(NC1CC2CCC1C2)C12CC3CC(CC(C3)C1)C2. The smallest absolute Gasteiger partial charge is 0.226 e. The Bertz CT molecular complexity index is 407. The van der Waals surface area contributed by atoms with Crippen LogP contribution in [-0.4, -0.2) is 11.9 Å². The highest BCUT2D eigenvalue weighted by Crippen LogP contribution is 2.60. The summed E-state index contributed by atoms with van der Waals surface area (Å²) in [5.41, 5.74) is 0.0661. The van der Waals surface area contributed by atoms with Gasteiger partial charge in [-0.3, -0.25) is 4.79 Å². The molecule has 0 aromatic carbocycles. The van der Waals surface area contributed by atoms with Crippen molar-refractivity contribution in [1.29, 1.82) is 0 Å². The van der Waals surface area contributed by atoms with E-state index in [0.29, 0.717) is 11.9 Å². The van der Waals surface area contributed by atoms with E-state index in [2.05, 4.69) is 5.32 Å². The topological polar surface area (TPSA) is 29.1 Å². The van der Waals surface area contributed by atoms with Gasteiger partial charge in [0.05, 0.1) is 0 Å². The van der Waals surface area contributed by atoms with Crippen LogP contribution in [0.2, 0.25) is 0 Å². The van der Waals surface area contributed by atoms with Crippen LogP contribution in [0.1, 0.15) is 64.2 Å². The molecule has 6 rings (SSSR count). The normalized spacial score (nSPS) is 55.4. The van der Waals surface area contributed by atoms with Crippen LogP contribution in [0, 0.1) is 35.0 Å². The van der Waals surface area contributed by atoms with Crippen molar-refractivity contribution in [3.8, 4) is 0 Å². The van der Waals surface area contributed by atoms with Crippen LogP contribution in [-0.2, 0) is 4.79 Å². The number of hydrogen-bond acceptors (Lipinski definition) is 1. The molecule has 2 heteroatoms. The molecule has 0 aromatic rings. The molecule has 6 saturated carbocycles. The van der Waals surface area contributed by atoms with Crippen molar-refractivity contribution in [3.05, 3.63) is 0 Å².